The molecule has 1 aliphatic rings. The van der Waals surface area contributed by atoms with Gasteiger partial charge in [-0.2, -0.15) is 0 Å². The number of carbonyl (C=O) groups excluding carboxylic acids is 2. The summed E-state index contributed by atoms with van der Waals surface area (Å²) in [5, 5.41) is 20.1. The van der Waals surface area contributed by atoms with Crippen molar-refractivity contribution < 1.29 is 28.6 Å². The number of anilines is 1. The van der Waals surface area contributed by atoms with Crippen LogP contribution >= 0.6 is 23.1 Å². The maximum Gasteiger partial charge on any atom is 0.301 e. The molecule has 1 aliphatic heterocycles. The Bertz CT molecular complexity index is 1660. The van der Waals surface area contributed by atoms with Crippen molar-refractivity contribution in [1.82, 2.24) is 10.2 Å². The first kappa shape index (κ1) is 31.2. The van der Waals surface area contributed by atoms with E-state index in [2.05, 4.69) is 24.0 Å². The minimum absolute atomic E-state index is 0.147. The molecule has 0 aliphatic carbocycles. The Balaban J connectivity index is 1.56. The molecule has 5 rings (SSSR count). The summed E-state index contributed by atoms with van der Waals surface area (Å²) in [7, 11) is 0. The summed E-state index contributed by atoms with van der Waals surface area (Å²) < 4.78 is 26.2. The molecule has 1 fully saturated rings. The number of hydrogen-bond donors (Lipinski definition) is 1. The Labute approximate surface area is 263 Å². The Morgan fingerprint density at radius 2 is 1.77 bits per heavy atom. The molecule has 4 aromatic rings. The number of thioether (sulfide) groups is 1. The summed E-state index contributed by atoms with van der Waals surface area (Å²) in [5.41, 5.74) is 1.66. The lowest BCUT2D eigenvalue weighted by Crippen LogP contribution is -2.29. The third-order valence-corrected chi connectivity index (χ3v) is 9.03. The lowest BCUT2D eigenvalue weighted by molar-refractivity contribution is -0.132. The van der Waals surface area contributed by atoms with Crippen molar-refractivity contribution >= 4 is 45.7 Å². The van der Waals surface area contributed by atoms with Crippen molar-refractivity contribution in [2.75, 3.05) is 18.1 Å². The number of halogens is 1. The highest BCUT2D eigenvalue weighted by Crippen LogP contribution is 2.45. The maximum absolute atomic E-state index is 13.7. The third kappa shape index (κ3) is 6.95. The van der Waals surface area contributed by atoms with Gasteiger partial charge in [-0.25, -0.2) is 4.39 Å². The van der Waals surface area contributed by atoms with Gasteiger partial charge in [-0.1, -0.05) is 73.3 Å². The highest BCUT2D eigenvalue weighted by molar-refractivity contribution is 8.00. The summed E-state index contributed by atoms with van der Waals surface area (Å²) in [6, 6.07) is 19.1. The molecule has 0 saturated carbocycles. The zero-order chi connectivity index (χ0) is 31.2. The van der Waals surface area contributed by atoms with E-state index in [9.17, 15) is 19.1 Å². The van der Waals surface area contributed by atoms with Crippen molar-refractivity contribution in [3.05, 3.63) is 101 Å². The van der Waals surface area contributed by atoms with E-state index in [0.717, 1.165) is 12.0 Å². The number of Topliss-reactive ketones (excluding diaryl/α,β-unsaturated/α-hetero) is 1. The van der Waals surface area contributed by atoms with Gasteiger partial charge >= 0.3 is 5.91 Å². The zero-order valence-corrected chi connectivity index (χ0v) is 26.2. The molecule has 228 valence electrons. The van der Waals surface area contributed by atoms with Gasteiger partial charge in [0.05, 0.1) is 24.8 Å². The van der Waals surface area contributed by atoms with Crippen molar-refractivity contribution in [3.63, 3.8) is 0 Å². The van der Waals surface area contributed by atoms with Crippen LogP contribution in [0.25, 0.3) is 5.76 Å². The molecule has 2 heterocycles. The number of aliphatic hydroxyl groups is 1. The molecule has 0 radical (unpaired) electrons. The predicted octanol–water partition coefficient (Wildman–Crippen LogP) is 7.42. The molecule has 11 heteroatoms. The Morgan fingerprint density at radius 3 is 2.48 bits per heavy atom. The van der Waals surface area contributed by atoms with E-state index >= 15 is 0 Å². The summed E-state index contributed by atoms with van der Waals surface area (Å²) in [6.07, 6.45) is 0.854. The number of benzene rings is 3. The molecule has 1 atom stereocenters. The third-order valence-electron chi connectivity index (χ3n) is 6.91. The molecule has 1 unspecified atom stereocenters. The van der Waals surface area contributed by atoms with Gasteiger partial charge in [0.2, 0.25) is 5.13 Å². The molecule has 8 nitrogen and oxygen atoms in total. The van der Waals surface area contributed by atoms with E-state index in [1.165, 1.54) is 52.3 Å². The quantitative estimate of drug-likeness (QED) is 0.0566. The second-order valence-corrected chi connectivity index (χ2v) is 12.6. The van der Waals surface area contributed by atoms with Gasteiger partial charge < -0.3 is 14.6 Å². The average molecular weight is 634 g/mol. The van der Waals surface area contributed by atoms with Crippen LogP contribution in [0.15, 0.2) is 82.7 Å². The second kappa shape index (κ2) is 14.0. The fourth-order valence-corrected chi connectivity index (χ4v) is 6.50. The molecular formula is C33H32FN3O5S2. The molecule has 44 heavy (non-hydrogen) atoms. The zero-order valence-electron chi connectivity index (χ0n) is 24.5. The summed E-state index contributed by atoms with van der Waals surface area (Å²) in [5.74, 6) is -0.585. The average Bonchev–Trinajstić information content (AvgIpc) is 3.59. The Kier molecular flexibility index (Phi) is 9.96. The largest absolute Gasteiger partial charge is 0.507 e. The van der Waals surface area contributed by atoms with Crippen LogP contribution < -0.4 is 14.4 Å². The number of aromatic nitrogens is 2. The molecule has 3 aromatic carbocycles. The summed E-state index contributed by atoms with van der Waals surface area (Å²) >= 11 is 2.65. The van der Waals surface area contributed by atoms with Crippen LogP contribution in [-0.2, 0) is 15.3 Å². The highest BCUT2D eigenvalue weighted by atomic mass is 32.2. The molecule has 0 spiro atoms. The number of carbonyl (C=O) groups is 2. The summed E-state index contributed by atoms with van der Waals surface area (Å²) in [6.45, 7) is 6.92. The van der Waals surface area contributed by atoms with Crippen molar-refractivity contribution in [2.24, 2.45) is 5.92 Å². The van der Waals surface area contributed by atoms with Crippen molar-refractivity contribution in [2.45, 2.75) is 43.3 Å². The number of amides is 1. The van der Waals surface area contributed by atoms with Gasteiger partial charge in [0, 0.05) is 11.3 Å². The van der Waals surface area contributed by atoms with E-state index in [-0.39, 0.29) is 16.3 Å². The first-order chi connectivity index (χ1) is 21.3. The first-order valence-electron chi connectivity index (χ1n) is 14.2. The van der Waals surface area contributed by atoms with Crippen LogP contribution in [0.5, 0.6) is 11.5 Å². The molecule has 1 aromatic heterocycles. The number of rotatable bonds is 12. The van der Waals surface area contributed by atoms with E-state index in [1.807, 2.05) is 37.3 Å². The van der Waals surface area contributed by atoms with Gasteiger partial charge in [-0.15, -0.1) is 10.2 Å². The van der Waals surface area contributed by atoms with Crippen LogP contribution in [0, 0.1) is 11.7 Å². The smallest absolute Gasteiger partial charge is 0.301 e. The van der Waals surface area contributed by atoms with Crippen LogP contribution in [0.4, 0.5) is 9.52 Å². The Hall–Kier alpha value is -4.22. The summed E-state index contributed by atoms with van der Waals surface area (Å²) in [4.78, 5) is 28.4. The van der Waals surface area contributed by atoms with E-state index < -0.39 is 29.3 Å². The van der Waals surface area contributed by atoms with Crippen molar-refractivity contribution in [3.8, 4) is 11.5 Å². The number of hydrogen-bond acceptors (Lipinski definition) is 9. The van der Waals surface area contributed by atoms with E-state index in [4.69, 9.17) is 9.47 Å². The van der Waals surface area contributed by atoms with E-state index in [1.54, 1.807) is 18.2 Å². The lowest BCUT2D eigenvalue weighted by Gasteiger charge is -2.23. The van der Waals surface area contributed by atoms with Crippen LogP contribution in [-0.4, -0.2) is 40.2 Å². The topological polar surface area (TPSA) is 102 Å². The van der Waals surface area contributed by atoms with E-state index in [0.29, 0.717) is 46.3 Å². The Morgan fingerprint density at radius 1 is 1.02 bits per heavy atom. The number of nitrogens with zero attached hydrogens (tertiary/aromatic N) is 3. The standard InChI is InChI=1S/C33H32FN3O5S2/c1-4-41-26-18-23(12-15-25(26)42-17-16-20(2)3)28-27(29(38)22-10-13-24(34)14-11-22)30(39)31(40)37(28)32-35-36-33(44-32)43-19-21-8-6-5-7-9-21/h5-15,18,20,28,38H,4,16-17,19H2,1-3H3. The maximum atomic E-state index is 13.7. The van der Waals surface area contributed by atoms with Crippen LogP contribution in [0.3, 0.4) is 0 Å². The fraction of sp³-hybridized carbons (Fsp3) is 0.273. The molecular weight excluding hydrogens is 602 g/mol. The van der Waals surface area contributed by atoms with Gasteiger partial charge in [0.25, 0.3) is 5.78 Å². The SMILES string of the molecule is CCOc1cc(C2C(=C(O)c3ccc(F)cc3)C(=O)C(=O)N2c2nnc(SCc3ccccc3)s2)ccc1OCCC(C)C. The van der Waals surface area contributed by atoms with Crippen LogP contribution in [0.2, 0.25) is 0 Å². The molecule has 1 amide bonds. The fourth-order valence-electron chi connectivity index (χ4n) is 4.67. The number of ether oxygens (including phenoxy) is 2. The minimum atomic E-state index is -1.05. The van der Waals surface area contributed by atoms with Crippen LogP contribution in [0.1, 0.15) is 49.9 Å². The second-order valence-electron chi connectivity index (χ2n) is 10.5. The number of ketones is 1. The monoisotopic (exact) mass is 633 g/mol. The molecule has 1 saturated heterocycles. The van der Waals surface area contributed by atoms with Gasteiger partial charge in [-0.3, -0.25) is 14.5 Å². The normalized spacial score (nSPS) is 16.1. The first-order valence-corrected chi connectivity index (χ1v) is 16.0. The van der Waals surface area contributed by atoms with Gasteiger partial charge in [0.1, 0.15) is 11.6 Å². The van der Waals surface area contributed by atoms with Crippen molar-refractivity contribution in [1.29, 1.82) is 0 Å². The predicted molar refractivity (Wildman–Crippen MR) is 170 cm³/mol. The van der Waals surface area contributed by atoms with Gasteiger partial charge in [-0.05, 0) is 66.8 Å². The van der Waals surface area contributed by atoms with Gasteiger partial charge in [0.15, 0.2) is 15.8 Å². The highest BCUT2D eigenvalue weighted by Gasteiger charge is 2.48. The molecule has 1 N–H and O–H groups in total. The minimum Gasteiger partial charge on any atom is -0.507 e. The number of aliphatic hydroxyl groups excluding tert-OH is 1. The molecule has 0 bridgehead atoms. The lowest BCUT2D eigenvalue weighted by atomic mass is 9.95.